The Balaban J connectivity index is 1.42. The minimum atomic E-state index is -0.244. The molecule has 0 aromatic carbocycles. The summed E-state index contributed by atoms with van der Waals surface area (Å²) in [6.45, 7) is 2.02. The Morgan fingerprint density at radius 3 is 2.76 bits per heavy atom. The van der Waals surface area contributed by atoms with Gasteiger partial charge in [0, 0.05) is 5.69 Å². The fourth-order valence-electron chi connectivity index (χ4n) is 4.00. The Hall–Kier alpha value is -2.37. The fraction of sp³-hybridized carbons (Fsp3) is 0.526. The van der Waals surface area contributed by atoms with Crippen molar-refractivity contribution in [2.45, 2.75) is 64.3 Å². The van der Waals surface area contributed by atoms with Crippen molar-refractivity contribution >= 4 is 17.4 Å². The maximum absolute atomic E-state index is 12.3. The monoisotopic (exact) mass is 339 g/mol. The van der Waals surface area contributed by atoms with Crippen LogP contribution < -0.4 is 10.6 Å². The largest absolute Gasteiger partial charge is 0.323 e. The lowest BCUT2D eigenvalue weighted by atomic mass is 9.96. The van der Waals surface area contributed by atoms with Crippen LogP contribution in [0, 0.1) is 6.92 Å². The predicted octanol–water partition coefficient (Wildman–Crippen LogP) is 4.22. The van der Waals surface area contributed by atoms with Crippen LogP contribution in [0.1, 0.15) is 61.5 Å². The Kier molecular flexibility index (Phi) is 4.42. The van der Waals surface area contributed by atoms with Crippen LogP contribution in [0.4, 0.5) is 16.2 Å². The standard InChI is InChI=1S/C19H25N5O/c1-13-18(12-21-24(13)16-7-3-4-8-16)23-19(25)22-15-10-14-6-2-5-9-17(14)20-11-15/h10-12,16H,2-9H2,1H3,(H2,22,23,25). The Labute approximate surface area is 148 Å². The van der Waals surface area contributed by atoms with Gasteiger partial charge in [-0.25, -0.2) is 4.79 Å². The molecular weight excluding hydrogens is 314 g/mol. The topological polar surface area (TPSA) is 71.8 Å². The number of aromatic nitrogens is 3. The molecule has 2 aromatic heterocycles. The average Bonchev–Trinajstić information content (AvgIpc) is 3.25. The number of amides is 2. The smallest absolute Gasteiger partial charge is 0.306 e. The number of carbonyl (C=O) groups is 1. The van der Waals surface area contributed by atoms with E-state index in [-0.39, 0.29) is 6.03 Å². The number of pyridine rings is 1. The molecule has 6 nitrogen and oxygen atoms in total. The Bertz CT molecular complexity index is 776. The van der Waals surface area contributed by atoms with Gasteiger partial charge in [-0.05, 0) is 57.1 Å². The molecule has 4 rings (SSSR count). The van der Waals surface area contributed by atoms with E-state index in [1.54, 1.807) is 12.4 Å². The molecule has 132 valence electrons. The van der Waals surface area contributed by atoms with Gasteiger partial charge in [-0.1, -0.05) is 12.8 Å². The molecule has 1 saturated carbocycles. The highest BCUT2D eigenvalue weighted by Gasteiger charge is 2.21. The first-order valence-corrected chi connectivity index (χ1v) is 9.30. The van der Waals surface area contributed by atoms with E-state index in [2.05, 4.69) is 31.5 Å². The molecule has 1 fully saturated rings. The van der Waals surface area contributed by atoms with Gasteiger partial charge in [0.15, 0.2) is 0 Å². The molecule has 6 heteroatoms. The minimum absolute atomic E-state index is 0.244. The number of fused-ring (bicyclic) bond motifs is 1. The molecule has 2 amide bonds. The summed E-state index contributed by atoms with van der Waals surface area (Å²) in [5.74, 6) is 0. The quantitative estimate of drug-likeness (QED) is 0.879. The van der Waals surface area contributed by atoms with Crippen LogP contribution in [0.5, 0.6) is 0 Å². The highest BCUT2D eigenvalue weighted by Crippen LogP contribution is 2.31. The number of aryl methyl sites for hydroxylation is 2. The van der Waals surface area contributed by atoms with Crippen molar-refractivity contribution in [2.24, 2.45) is 0 Å². The number of urea groups is 1. The lowest BCUT2D eigenvalue weighted by Crippen LogP contribution is -2.20. The fourth-order valence-corrected chi connectivity index (χ4v) is 4.00. The SMILES string of the molecule is Cc1c(NC(=O)Nc2cnc3c(c2)CCCC3)cnn1C1CCCC1. The first kappa shape index (κ1) is 16.1. The third kappa shape index (κ3) is 3.38. The van der Waals surface area contributed by atoms with Crippen molar-refractivity contribution in [3.05, 3.63) is 35.4 Å². The summed E-state index contributed by atoms with van der Waals surface area (Å²) < 4.78 is 2.06. The first-order chi connectivity index (χ1) is 12.2. The van der Waals surface area contributed by atoms with Gasteiger partial charge in [-0.3, -0.25) is 9.67 Å². The van der Waals surface area contributed by atoms with Gasteiger partial charge in [0.25, 0.3) is 0 Å². The van der Waals surface area contributed by atoms with E-state index in [1.807, 2.05) is 6.92 Å². The van der Waals surface area contributed by atoms with Crippen molar-refractivity contribution < 1.29 is 4.79 Å². The third-order valence-electron chi connectivity index (χ3n) is 5.39. The van der Waals surface area contributed by atoms with E-state index < -0.39 is 0 Å². The molecule has 0 unspecified atom stereocenters. The maximum atomic E-state index is 12.3. The van der Waals surface area contributed by atoms with Crippen LogP contribution in [0.2, 0.25) is 0 Å². The molecule has 2 aliphatic rings. The van der Waals surface area contributed by atoms with Crippen LogP contribution >= 0.6 is 0 Å². The van der Waals surface area contributed by atoms with E-state index in [9.17, 15) is 4.79 Å². The second-order valence-corrected chi connectivity index (χ2v) is 7.14. The maximum Gasteiger partial charge on any atom is 0.323 e. The summed E-state index contributed by atoms with van der Waals surface area (Å²) >= 11 is 0. The number of hydrogen-bond donors (Lipinski definition) is 2. The van der Waals surface area contributed by atoms with Gasteiger partial charge in [-0.2, -0.15) is 5.10 Å². The van der Waals surface area contributed by atoms with Crippen molar-refractivity contribution in [1.29, 1.82) is 0 Å². The van der Waals surface area contributed by atoms with Crippen LogP contribution in [0.25, 0.3) is 0 Å². The molecule has 2 N–H and O–H groups in total. The molecule has 2 aliphatic carbocycles. The van der Waals surface area contributed by atoms with Gasteiger partial charge in [-0.15, -0.1) is 0 Å². The molecule has 0 radical (unpaired) electrons. The predicted molar refractivity (Wildman–Crippen MR) is 98.0 cm³/mol. The van der Waals surface area contributed by atoms with Gasteiger partial charge in [0.1, 0.15) is 0 Å². The summed E-state index contributed by atoms with van der Waals surface area (Å²) in [7, 11) is 0. The molecule has 0 saturated heterocycles. The number of rotatable bonds is 3. The van der Waals surface area contributed by atoms with Gasteiger partial charge < -0.3 is 10.6 Å². The van der Waals surface area contributed by atoms with Crippen LogP contribution in [-0.4, -0.2) is 20.8 Å². The van der Waals surface area contributed by atoms with E-state index in [0.29, 0.717) is 6.04 Å². The van der Waals surface area contributed by atoms with Crippen molar-refractivity contribution in [3.63, 3.8) is 0 Å². The van der Waals surface area contributed by atoms with E-state index >= 15 is 0 Å². The second kappa shape index (κ2) is 6.86. The minimum Gasteiger partial charge on any atom is -0.306 e. The van der Waals surface area contributed by atoms with Gasteiger partial charge >= 0.3 is 6.03 Å². The number of carbonyl (C=O) groups excluding carboxylic acids is 1. The summed E-state index contributed by atoms with van der Waals surface area (Å²) in [5.41, 5.74) is 4.97. The number of nitrogens with zero attached hydrogens (tertiary/aromatic N) is 3. The number of hydrogen-bond acceptors (Lipinski definition) is 3. The summed E-state index contributed by atoms with van der Waals surface area (Å²) in [6.07, 6.45) is 12.9. The van der Waals surface area contributed by atoms with Crippen molar-refractivity contribution in [2.75, 3.05) is 10.6 Å². The van der Waals surface area contributed by atoms with E-state index in [0.717, 1.165) is 29.9 Å². The van der Waals surface area contributed by atoms with Gasteiger partial charge in [0.2, 0.25) is 0 Å². The highest BCUT2D eigenvalue weighted by atomic mass is 16.2. The molecule has 25 heavy (non-hydrogen) atoms. The number of nitrogens with one attached hydrogen (secondary N) is 2. The molecule has 2 aromatic rings. The third-order valence-corrected chi connectivity index (χ3v) is 5.39. The highest BCUT2D eigenvalue weighted by molar-refractivity contribution is 5.99. The van der Waals surface area contributed by atoms with Crippen LogP contribution in [0.15, 0.2) is 18.5 Å². The summed E-state index contributed by atoms with van der Waals surface area (Å²) in [6, 6.07) is 2.28. The van der Waals surface area contributed by atoms with Crippen molar-refractivity contribution in [1.82, 2.24) is 14.8 Å². The van der Waals surface area contributed by atoms with E-state index in [4.69, 9.17) is 0 Å². The first-order valence-electron chi connectivity index (χ1n) is 9.30. The molecular formula is C19H25N5O. The Morgan fingerprint density at radius 2 is 1.92 bits per heavy atom. The lowest BCUT2D eigenvalue weighted by molar-refractivity contribution is 0.262. The normalized spacial score (nSPS) is 17.3. The average molecular weight is 339 g/mol. The zero-order valence-electron chi connectivity index (χ0n) is 14.7. The zero-order chi connectivity index (χ0) is 17.2. The molecule has 0 spiro atoms. The zero-order valence-corrected chi connectivity index (χ0v) is 14.7. The lowest BCUT2D eigenvalue weighted by Gasteiger charge is -2.16. The Morgan fingerprint density at radius 1 is 1.12 bits per heavy atom. The van der Waals surface area contributed by atoms with Crippen LogP contribution in [0.3, 0.4) is 0 Å². The van der Waals surface area contributed by atoms with E-state index in [1.165, 1.54) is 49.8 Å². The second-order valence-electron chi connectivity index (χ2n) is 7.14. The molecule has 2 heterocycles. The molecule has 0 bridgehead atoms. The molecule has 0 atom stereocenters. The summed E-state index contributed by atoms with van der Waals surface area (Å²) in [5, 5.41) is 10.3. The summed E-state index contributed by atoms with van der Waals surface area (Å²) in [4.78, 5) is 16.8. The molecule has 0 aliphatic heterocycles. The van der Waals surface area contributed by atoms with Crippen molar-refractivity contribution in [3.8, 4) is 0 Å². The van der Waals surface area contributed by atoms with Gasteiger partial charge in [0.05, 0.1) is 35.5 Å². The number of anilines is 2. The van der Waals surface area contributed by atoms with Crippen LogP contribution in [-0.2, 0) is 12.8 Å².